The molecule has 58 heavy (non-hydrogen) atoms. The first-order chi connectivity index (χ1) is 28.6. The normalized spacial score (nSPS) is 18.0. The van der Waals surface area contributed by atoms with Crippen LogP contribution < -0.4 is 9.47 Å². The number of ether oxygens (including phenoxy) is 6. The minimum Gasteiger partial charge on any atom is -0.493 e. The molecule has 1 saturated heterocycles. The highest BCUT2D eigenvalue weighted by Crippen LogP contribution is 2.45. The molecule has 0 bridgehead atoms. The molecule has 7 aromatic rings. The first-order valence-corrected chi connectivity index (χ1v) is 20.5. The number of rotatable bonds is 17. The van der Waals surface area contributed by atoms with Crippen molar-refractivity contribution in [2.24, 2.45) is 0 Å². The quantitative estimate of drug-likeness (QED) is 0.0915. The van der Waals surface area contributed by atoms with E-state index in [9.17, 15) is 0 Å². The average molecular weight is 795 g/mol. The van der Waals surface area contributed by atoms with E-state index < -0.39 is 30.2 Å². The summed E-state index contributed by atoms with van der Waals surface area (Å²) < 4.78 is 57.8. The van der Waals surface area contributed by atoms with Crippen molar-refractivity contribution in [3.05, 3.63) is 202 Å². The van der Waals surface area contributed by atoms with Crippen LogP contribution >= 0.6 is 11.3 Å². The second-order valence-corrected chi connectivity index (χ2v) is 15.7. The molecule has 8 rings (SSSR count). The van der Waals surface area contributed by atoms with Crippen molar-refractivity contribution in [1.82, 2.24) is 0 Å². The summed E-state index contributed by atoms with van der Waals surface area (Å²) in [5.41, 5.74) is 5.22. The van der Waals surface area contributed by atoms with Gasteiger partial charge >= 0.3 is 0 Å². The number of hydrogen-bond acceptors (Lipinski definition) is 7. The van der Waals surface area contributed by atoms with E-state index in [1.807, 2.05) is 140 Å². The van der Waals surface area contributed by atoms with Gasteiger partial charge in [0.1, 0.15) is 18.8 Å². The Morgan fingerprint density at radius 3 is 1.83 bits per heavy atom. The van der Waals surface area contributed by atoms with Gasteiger partial charge in [0.15, 0.2) is 11.5 Å². The molecule has 0 amide bonds. The predicted octanol–water partition coefficient (Wildman–Crippen LogP) is 11.4. The number of benzene rings is 6. The molecule has 0 spiro atoms. The zero-order valence-electron chi connectivity index (χ0n) is 32.5. The predicted molar refractivity (Wildman–Crippen MR) is 227 cm³/mol. The fourth-order valence-electron chi connectivity index (χ4n) is 7.51. The standard InChI is InChI=1S/C50H47FO6S/c1-52-47-40(27-42-26-39-24-14-15-25-45(39)58-42)28-43(48(46(47)51)55-32-37-20-10-4-11-21-37)49-50(56-33-38-22-12-5-13-23-38)44(54-31-36-18-8-3-9-19-36)29-41(57-49)34-53-30-35-16-6-2-7-17-35/h2-26,28,41,44,49-50H,27,29-34H2,1H3. The zero-order valence-corrected chi connectivity index (χ0v) is 33.3. The Morgan fingerprint density at radius 2 is 1.21 bits per heavy atom. The van der Waals surface area contributed by atoms with Crippen molar-refractivity contribution < 1.29 is 32.8 Å². The Hall–Kier alpha value is -5.35. The van der Waals surface area contributed by atoms with Gasteiger partial charge in [-0.25, -0.2) is 0 Å². The van der Waals surface area contributed by atoms with Crippen molar-refractivity contribution in [2.75, 3.05) is 13.7 Å². The Morgan fingerprint density at radius 1 is 0.638 bits per heavy atom. The van der Waals surface area contributed by atoms with Gasteiger partial charge in [0.05, 0.1) is 45.7 Å². The van der Waals surface area contributed by atoms with E-state index >= 15 is 4.39 Å². The van der Waals surface area contributed by atoms with Crippen molar-refractivity contribution in [2.45, 2.75) is 63.7 Å². The van der Waals surface area contributed by atoms with E-state index in [4.69, 9.17) is 28.4 Å². The molecule has 0 N–H and O–H groups in total. The van der Waals surface area contributed by atoms with Crippen molar-refractivity contribution in [3.8, 4) is 11.5 Å². The molecule has 1 aliphatic rings. The van der Waals surface area contributed by atoms with Crippen LogP contribution in [-0.4, -0.2) is 32.0 Å². The molecule has 8 heteroatoms. The lowest BCUT2D eigenvalue weighted by atomic mass is 9.90. The molecule has 4 unspecified atom stereocenters. The van der Waals surface area contributed by atoms with Gasteiger partial charge in [-0.1, -0.05) is 140 Å². The number of hydrogen-bond donors (Lipinski definition) is 0. The van der Waals surface area contributed by atoms with Crippen molar-refractivity contribution in [3.63, 3.8) is 0 Å². The summed E-state index contributed by atoms with van der Waals surface area (Å²) in [6.07, 6.45) is -1.32. The van der Waals surface area contributed by atoms with Gasteiger partial charge in [-0.05, 0) is 45.8 Å². The summed E-state index contributed by atoms with van der Waals surface area (Å²) >= 11 is 1.69. The van der Waals surface area contributed by atoms with Crippen LogP contribution in [-0.2, 0) is 51.8 Å². The van der Waals surface area contributed by atoms with Gasteiger partial charge in [-0.15, -0.1) is 11.3 Å². The summed E-state index contributed by atoms with van der Waals surface area (Å²) in [5.74, 6) is -0.380. The Balaban J connectivity index is 1.21. The zero-order chi connectivity index (χ0) is 39.5. The summed E-state index contributed by atoms with van der Waals surface area (Å²) in [6, 6.07) is 52.3. The first kappa shape index (κ1) is 39.5. The average Bonchev–Trinajstić information content (AvgIpc) is 3.68. The summed E-state index contributed by atoms with van der Waals surface area (Å²) in [6.45, 7) is 1.54. The van der Waals surface area contributed by atoms with Crippen LogP contribution in [0.15, 0.2) is 158 Å². The van der Waals surface area contributed by atoms with E-state index in [-0.39, 0.29) is 18.1 Å². The fourth-order valence-corrected chi connectivity index (χ4v) is 8.60. The van der Waals surface area contributed by atoms with Gasteiger partial charge in [-0.3, -0.25) is 0 Å². The molecular formula is C50H47FO6S. The fraction of sp³-hybridized carbons (Fsp3) is 0.240. The molecule has 1 fully saturated rings. The highest BCUT2D eigenvalue weighted by molar-refractivity contribution is 7.19. The van der Waals surface area contributed by atoms with Gasteiger partial charge in [0, 0.05) is 33.5 Å². The lowest BCUT2D eigenvalue weighted by Gasteiger charge is -2.42. The molecule has 296 valence electrons. The number of thiophene rings is 1. The molecule has 1 aromatic heterocycles. The highest BCUT2D eigenvalue weighted by Gasteiger charge is 2.44. The van der Waals surface area contributed by atoms with Crippen molar-refractivity contribution >= 4 is 21.4 Å². The molecule has 2 heterocycles. The monoisotopic (exact) mass is 794 g/mol. The molecule has 4 atom stereocenters. The SMILES string of the molecule is COc1c(Cc2cc3ccccc3s2)cc(C2OC(COCc3ccccc3)CC(OCc3ccccc3)C2OCc2ccccc2)c(OCc2ccccc2)c1F. The maximum atomic E-state index is 17.3. The summed E-state index contributed by atoms with van der Waals surface area (Å²) in [7, 11) is 1.50. The van der Waals surface area contributed by atoms with Crippen LogP contribution in [0.4, 0.5) is 4.39 Å². The third-order valence-electron chi connectivity index (χ3n) is 10.4. The van der Waals surface area contributed by atoms with E-state index in [1.165, 1.54) is 11.8 Å². The highest BCUT2D eigenvalue weighted by atomic mass is 32.1. The van der Waals surface area contributed by atoms with Gasteiger partial charge < -0.3 is 28.4 Å². The van der Waals surface area contributed by atoms with E-state index in [2.05, 4.69) is 18.2 Å². The van der Waals surface area contributed by atoms with E-state index in [0.717, 1.165) is 32.5 Å². The summed E-state index contributed by atoms with van der Waals surface area (Å²) in [5, 5.41) is 1.15. The largest absolute Gasteiger partial charge is 0.493 e. The molecule has 0 radical (unpaired) electrons. The van der Waals surface area contributed by atoms with E-state index in [0.29, 0.717) is 50.4 Å². The van der Waals surface area contributed by atoms with Crippen LogP contribution in [0.2, 0.25) is 0 Å². The van der Waals surface area contributed by atoms with Gasteiger partial charge in [-0.2, -0.15) is 4.39 Å². The number of fused-ring (bicyclic) bond motifs is 1. The number of halogens is 1. The first-order valence-electron chi connectivity index (χ1n) is 19.7. The molecule has 0 saturated carbocycles. The van der Waals surface area contributed by atoms with Crippen LogP contribution in [0, 0.1) is 5.82 Å². The van der Waals surface area contributed by atoms with Crippen LogP contribution in [0.3, 0.4) is 0 Å². The Bertz CT molecular complexity index is 2300. The minimum absolute atomic E-state index is 0.0618. The molecule has 6 aromatic carbocycles. The van der Waals surface area contributed by atoms with Crippen molar-refractivity contribution in [1.29, 1.82) is 0 Å². The molecule has 6 nitrogen and oxygen atoms in total. The maximum absolute atomic E-state index is 17.3. The van der Waals surface area contributed by atoms with Crippen LogP contribution in [0.1, 0.15) is 50.8 Å². The second kappa shape index (κ2) is 19.4. The topological polar surface area (TPSA) is 55.4 Å². The number of methoxy groups -OCH3 is 1. The minimum atomic E-state index is -0.795. The van der Waals surface area contributed by atoms with Gasteiger partial charge in [0.2, 0.25) is 5.82 Å². The molecule has 0 aliphatic carbocycles. The van der Waals surface area contributed by atoms with E-state index in [1.54, 1.807) is 11.3 Å². The Kier molecular flexibility index (Phi) is 13.2. The molecule has 1 aliphatic heterocycles. The smallest absolute Gasteiger partial charge is 0.207 e. The third-order valence-corrected chi connectivity index (χ3v) is 11.5. The second-order valence-electron chi connectivity index (χ2n) is 14.5. The summed E-state index contributed by atoms with van der Waals surface area (Å²) in [4.78, 5) is 1.08. The molecular weight excluding hydrogens is 748 g/mol. The maximum Gasteiger partial charge on any atom is 0.207 e. The lowest BCUT2D eigenvalue weighted by molar-refractivity contribution is -0.219. The Labute approximate surface area is 343 Å². The van der Waals surface area contributed by atoms with Crippen LogP contribution in [0.5, 0.6) is 11.5 Å². The van der Waals surface area contributed by atoms with Crippen LogP contribution in [0.25, 0.3) is 10.1 Å². The van der Waals surface area contributed by atoms with Gasteiger partial charge in [0.25, 0.3) is 0 Å². The third kappa shape index (κ3) is 9.84. The lowest BCUT2D eigenvalue weighted by Crippen LogP contribution is -2.47.